The monoisotopic (exact) mass is 269 g/mol. The molecule has 2 heteroatoms. The summed E-state index contributed by atoms with van der Waals surface area (Å²) in [6.45, 7) is 5.25. The standard InChI is InChI=1S/C18H23NO/c1-4-15-5-7-16(8-6-15)13-19-14(2)17-9-11-18(20-3)12-10-17/h5-12,14,19H,4,13H2,1-3H3. The Morgan fingerprint density at radius 3 is 2.10 bits per heavy atom. The molecule has 2 nitrogen and oxygen atoms in total. The number of rotatable bonds is 6. The fraction of sp³-hybridized carbons (Fsp3) is 0.333. The molecule has 1 unspecified atom stereocenters. The molecule has 0 fully saturated rings. The third-order valence-electron chi connectivity index (χ3n) is 3.66. The van der Waals surface area contributed by atoms with Crippen LogP contribution in [0.4, 0.5) is 0 Å². The summed E-state index contributed by atoms with van der Waals surface area (Å²) in [5.41, 5.74) is 3.98. The lowest BCUT2D eigenvalue weighted by Crippen LogP contribution is -2.18. The van der Waals surface area contributed by atoms with E-state index in [1.54, 1.807) is 7.11 Å². The van der Waals surface area contributed by atoms with Crippen molar-refractivity contribution < 1.29 is 4.74 Å². The van der Waals surface area contributed by atoms with E-state index in [0.717, 1.165) is 18.7 Å². The molecule has 0 spiro atoms. The molecule has 0 radical (unpaired) electrons. The van der Waals surface area contributed by atoms with E-state index in [9.17, 15) is 0 Å². The second-order valence-electron chi connectivity index (χ2n) is 5.05. The predicted octanol–water partition coefficient (Wildman–Crippen LogP) is 4.11. The van der Waals surface area contributed by atoms with Gasteiger partial charge in [-0.15, -0.1) is 0 Å². The zero-order valence-electron chi connectivity index (χ0n) is 12.5. The van der Waals surface area contributed by atoms with E-state index in [1.807, 2.05) is 12.1 Å². The van der Waals surface area contributed by atoms with Crippen LogP contribution in [0.2, 0.25) is 0 Å². The summed E-state index contributed by atoms with van der Waals surface area (Å²) in [4.78, 5) is 0. The molecular formula is C18H23NO. The van der Waals surface area contributed by atoms with Crippen LogP contribution in [-0.2, 0) is 13.0 Å². The Bertz CT molecular complexity index is 516. The molecule has 106 valence electrons. The molecule has 20 heavy (non-hydrogen) atoms. The minimum Gasteiger partial charge on any atom is -0.497 e. The summed E-state index contributed by atoms with van der Waals surface area (Å²) in [6.07, 6.45) is 1.09. The van der Waals surface area contributed by atoms with Gasteiger partial charge in [0.15, 0.2) is 0 Å². The smallest absolute Gasteiger partial charge is 0.118 e. The van der Waals surface area contributed by atoms with Gasteiger partial charge < -0.3 is 10.1 Å². The summed E-state index contributed by atoms with van der Waals surface area (Å²) in [5, 5.41) is 3.55. The van der Waals surface area contributed by atoms with Crippen LogP contribution in [0.1, 0.15) is 36.6 Å². The first-order valence-electron chi connectivity index (χ1n) is 7.18. The predicted molar refractivity (Wildman–Crippen MR) is 84.1 cm³/mol. The zero-order chi connectivity index (χ0) is 14.4. The summed E-state index contributed by atoms with van der Waals surface area (Å²) < 4.78 is 5.18. The Morgan fingerprint density at radius 1 is 0.950 bits per heavy atom. The lowest BCUT2D eigenvalue weighted by Gasteiger charge is -2.15. The van der Waals surface area contributed by atoms with E-state index in [0.29, 0.717) is 6.04 Å². The quantitative estimate of drug-likeness (QED) is 0.852. The average molecular weight is 269 g/mol. The van der Waals surface area contributed by atoms with Gasteiger partial charge in [0.1, 0.15) is 5.75 Å². The molecule has 0 aliphatic heterocycles. The summed E-state index contributed by atoms with van der Waals surface area (Å²) in [5.74, 6) is 0.899. The van der Waals surface area contributed by atoms with Gasteiger partial charge in [-0.25, -0.2) is 0 Å². The molecule has 1 atom stereocenters. The Balaban J connectivity index is 1.91. The van der Waals surface area contributed by atoms with Crippen LogP contribution in [0.25, 0.3) is 0 Å². The third kappa shape index (κ3) is 3.84. The number of methoxy groups -OCH3 is 1. The number of benzene rings is 2. The Hall–Kier alpha value is -1.80. The molecule has 0 aliphatic carbocycles. The molecule has 2 rings (SSSR count). The first kappa shape index (κ1) is 14.6. The van der Waals surface area contributed by atoms with Crippen molar-refractivity contribution in [2.24, 2.45) is 0 Å². The molecule has 0 bridgehead atoms. The van der Waals surface area contributed by atoms with Crippen molar-refractivity contribution in [3.05, 3.63) is 65.2 Å². The van der Waals surface area contributed by atoms with Crippen molar-refractivity contribution in [1.29, 1.82) is 0 Å². The highest BCUT2D eigenvalue weighted by Crippen LogP contribution is 2.17. The maximum atomic E-state index is 5.18. The number of ether oxygens (including phenoxy) is 1. The molecule has 2 aromatic carbocycles. The Kier molecular flexibility index (Phi) is 5.19. The van der Waals surface area contributed by atoms with Gasteiger partial charge >= 0.3 is 0 Å². The van der Waals surface area contributed by atoms with E-state index < -0.39 is 0 Å². The molecule has 1 N–H and O–H groups in total. The van der Waals surface area contributed by atoms with Gasteiger partial charge in [0.05, 0.1) is 7.11 Å². The van der Waals surface area contributed by atoms with Gasteiger partial charge in [-0.05, 0) is 42.2 Å². The molecule has 0 aliphatic rings. The van der Waals surface area contributed by atoms with E-state index in [1.165, 1.54) is 16.7 Å². The van der Waals surface area contributed by atoms with Gasteiger partial charge in [-0.2, -0.15) is 0 Å². The second-order valence-corrected chi connectivity index (χ2v) is 5.05. The van der Waals surface area contributed by atoms with Crippen molar-refractivity contribution in [3.63, 3.8) is 0 Å². The summed E-state index contributed by atoms with van der Waals surface area (Å²) >= 11 is 0. The highest BCUT2D eigenvalue weighted by atomic mass is 16.5. The van der Waals surface area contributed by atoms with E-state index >= 15 is 0 Å². The zero-order valence-corrected chi connectivity index (χ0v) is 12.5. The van der Waals surface area contributed by atoms with Crippen molar-refractivity contribution in [1.82, 2.24) is 5.32 Å². The van der Waals surface area contributed by atoms with Crippen LogP contribution in [0, 0.1) is 0 Å². The number of hydrogen-bond acceptors (Lipinski definition) is 2. The van der Waals surface area contributed by atoms with Gasteiger partial charge in [-0.1, -0.05) is 43.3 Å². The van der Waals surface area contributed by atoms with Crippen molar-refractivity contribution in [3.8, 4) is 5.75 Å². The average Bonchev–Trinajstić information content (AvgIpc) is 2.53. The number of aryl methyl sites for hydroxylation is 1. The molecule has 0 heterocycles. The van der Waals surface area contributed by atoms with E-state index in [2.05, 4.69) is 55.6 Å². The molecule has 0 saturated heterocycles. The van der Waals surface area contributed by atoms with Gasteiger partial charge in [0, 0.05) is 12.6 Å². The molecule has 0 aromatic heterocycles. The third-order valence-corrected chi connectivity index (χ3v) is 3.66. The van der Waals surface area contributed by atoms with Crippen LogP contribution in [-0.4, -0.2) is 7.11 Å². The van der Waals surface area contributed by atoms with Crippen molar-refractivity contribution in [2.75, 3.05) is 7.11 Å². The lowest BCUT2D eigenvalue weighted by atomic mass is 10.1. The van der Waals surface area contributed by atoms with Crippen molar-refractivity contribution in [2.45, 2.75) is 32.9 Å². The molecule has 2 aromatic rings. The SMILES string of the molecule is CCc1ccc(CNC(C)c2ccc(OC)cc2)cc1. The van der Waals surface area contributed by atoms with Gasteiger partial charge in [0.25, 0.3) is 0 Å². The van der Waals surface area contributed by atoms with E-state index in [-0.39, 0.29) is 0 Å². The highest BCUT2D eigenvalue weighted by molar-refractivity contribution is 5.29. The summed E-state index contributed by atoms with van der Waals surface area (Å²) in [6, 6.07) is 17.4. The first-order valence-corrected chi connectivity index (χ1v) is 7.18. The van der Waals surface area contributed by atoms with Crippen LogP contribution in [0.3, 0.4) is 0 Å². The fourth-order valence-corrected chi connectivity index (χ4v) is 2.17. The van der Waals surface area contributed by atoms with Crippen LogP contribution >= 0.6 is 0 Å². The number of hydrogen-bond donors (Lipinski definition) is 1. The maximum absolute atomic E-state index is 5.18. The minimum absolute atomic E-state index is 0.326. The minimum atomic E-state index is 0.326. The lowest BCUT2D eigenvalue weighted by molar-refractivity contribution is 0.414. The first-order chi connectivity index (χ1) is 9.72. The normalized spacial score (nSPS) is 12.2. The fourth-order valence-electron chi connectivity index (χ4n) is 2.17. The second kappa shape index (κ2) is 7.11. The maximum Gasteiger partial charge on any atom is 0.118 e. The largest absolute Gasteiger partial charge is 0.497 e. The van der Waals surface area contributed by atoms with Gasteiger partial charge in [-0.3, -0.25) is 0 Å². The summed E-state index contributed by atoms with van der Waals surface area (Å²) in [7, 11) is 1.69. The molecular weight excluding hydrogens is 246 g/mol. The topological polar surface area (TPSA) is 21.3 Å². The highest BCUT2D eigenvalue weighted by Gasteiger charge is 2.05. The van der Waals surface area contributed by atoms with Crippen LogP contribution in [0.15, 0.2) is 48.5 Å². The Morgan fingerprint density at radius 2 is 1.55 bits per heavy atom. The van der Waals surface area contributed by atoms with Gasteiger partial charge in [0.2, 0.25) is 0 Å². The molecule has 0 saturated carbocycles. The van der Waals surface area contributed by atoms with Crippen LogP contribution in [0.5, 0.6) is 5.75 Å². The Labute approximate surface area is 121 Å². The molecule has 0 amide bonds. The number of nitrogens with one attached hydrogen (secondary N) is 1. The van der Waals surface area contributed by atoms with E-state index in [4.69, 9.17) is 4.74 Å². The van der Waals surface area contributed by atoms with Crippen LogP contribution < -0.4 is 10.1 Å². The van der Waals surface area contributed by atoms with Crippen molar-refractivity contribution >= 4 is 0 Å².